The van der Waals surface area contributed by atoms with Crippen LogP contribution in [0.3, 0.4) is 0 Å². The van der Waals surface area contributed by atoms with E-state index in [1.807, 2.05) is 30.3 Å². The largest absolute Gasteiger partial charge is 0.344 e. The Kier molecular flexibility index (Phi) is 4.10. The number of nitriles is 1. The van der Waals surface area contributed by atoms with Crippen LogP contribution in [0.25, 0.3) is 0 Å². The summed E-state index contributed by atoms with van der Waals surface area (Å²) in [6.07, 6.45) is 2.76. The number of hydrogen-bond acceptors (Lipinski definition) is 3. The zero-order valence-corrected chi connectivity index (χ0v) is 12.4. The number of likely N-dealkylation sites (tertiary alicyclic amines) is 1. The molecule has 0 spiro atoms. The maximum atomic E-state index is 12.5. The highest BCUT2D eigenvalue weighted by Crippen LogP contribution is 2.24. The molecule has 0 saturated carbocycles. The van der Waals surface area contributed by atoms with Crippen molar-refractivity contribution in [1.29, 1.82) is 5.26 Å². The van der Waals surface area contributed by atoms with Gasteiger partial charge < -0.3 is 10.2 Å². The summed E-state index contributed by atoms with van der Waals surface area (Å²) in [5, 5.41) is 11.9. The first kappa shape index (κ1) is 14.6. The van der Waals surface area contributed by atoms with Crippen molar-refractivity contribution < 1.29 is 9.59 Å². The van der Waals surface area contributed by atoms with Gasteiger partial charge in [-0.25, -0.2) is 0 Å². The Bertz CT molecular complexity index is 608. The van der Waals surface area contributed by atoms with Crippen molar-refractivity contribution in [2.45, 2.75) is 37.8 Å². The monoisotopic (exact) mass is 297 g/mol. The van der Waals surface area contributed by atoms with Crippen LogP contribution >= 0.6 is 0 Å². The number of carbonyl (C=O) groups excluding carboxylic acids is 2. The van der Waals surface area contributed by atoms with E-state index < -0.39 is 6.04 Å². The van der Waals surface area contributed by atoms with Crippen molar-refractivity contribution in [2.24, 2.45) is 5.92 Å². The van der Waals surface area contributed by atoms with Crippen LogP contribution < -0.4 is 5.32 Å². The summed E-state index contributed by atoms with van der Waals surface area (Å²) in [4.78, 5) is 26.3. The third-order valence-corrected chi connectivity index (χ3v) is 4.52. The van der Waals surface area contributed by atoms with Crippen LogP contribution in [0.4, 0.5) is 0 Å². The third-order valence-electron chi connectivity index (χ3n) is 4.52. The summed E-state index contributed by atoms with van der Waals surface area (Å²) in [6, 6.07) is 11.2. The molecule has 5 nitrogen and oxygen atoms in total. The summed E-state index contributed by atoms with van der Waals surface area (Å²) in [5.41, 5.74) is 1.10. The van der Waals surface area contributed by atoms with Crippen molar-refractivity contribution in [1.82, 2.24) is 10.2 Å². The number of nitrogens with zero attached hydrogens (tertiary/aromatic N) is 2. The molecule has 2 aliphatic heterocycles. The average Bonchev–Trinajstić information content (AvgIpc) is 3.15. The molecule has 2 aliphatic rings. The molecule has 2 saturated heterocycles. The van der Waals surface area contributed by atoms with Gasteiger partial charge in [-0.1, -0.05) is 30.3 Å². The standard InChI is InChI=1S/C17H19N3O2/c18-11-14-7-4-8-20(14)17(22)15-10-13(16(21)19-15)9-12-5-2-1-3-6-12/h1-3,5-6,13-15H,4,7-10H2,(H,19,21)/t13-,14+,15+/m1/s1. The second-order valence-electron chi connectivity index (χ2n) is 6.00. The maximum Gasteiger partial charge on any atom is 0.246 e. The lowest BCUT2D eigenvalue weighted by Crippen LogP contribution is -2.46. The molecule has 3 atom stereocenters. The summed E-state index contributed by atoms with van der Waals surface area (Å²) < 4.78 is 0. The number of rotatable bonds is 3. The quantitative estimate of drug-likeness (QED) is 0.912. The Morgan fingerprint density at radius 3 is 2.86 bits per heavy atom. The Morgan fingerprint density at radius 2 is 2.14 bits per heavy atom. The van der Waals surface area contributed by atoms with E-state index in [-0.39, 0.29) is 23.8 Å². The summed E-state index contributed by atoms with van der Waals surface area (Å²) in [6.45, 7) is 0.618. The van der Waals surface area contributed by atoms with Crippen LogP contribution in [0.15, 0.2) is 30.3 Å². The fourth-order valence-electron chi connectivity index (χ4n) is 3.34. The zero-order valence-electron chi connectivity index (χ0n) is 12.4. The number of nitrogens with one attached hydrogen (secondary N) is 1. The Balaban J connectivity index is 1.64. The minimum absolute atomic E-state index is 0.0603. The van der Waals surface area contributed by atoms with Crippen molar-refractivity contribution in [3.8, 4) is 6.07 Å². The van der Waals surface area contributed by atoms with Gasteiger partial charge in [0.05, 0.1) is 6.07 Å². The molecule has 5 heteroatoms. The average molecular weight is 297 g/mol. The summed E-state index contributed by atoms with van der Waals surface area (Å²) >= 11 is 0. The van der Waals surface area contributed by atoms with Crippen LogP contribution in [0, 0.1) is 17.2 Å². The van der Waals surface area contributed by atoms with Crippen LogP contribution in [0.1, 0.15) is 24.8 Å². The molecule has 2 fully saturated rings. The van der Waals surface area contributed by atoms with Crippen LogP contribution in [0.2, 0.25) is 0 Å². The lowest BCUT2D eigenvalue weighted by Gasteiger charge is -2.23. The number of hydrogen-bond donors (Lipinski definition) is 1. The molecular weight excluding hydrogens is 278 g/mol. The minimum Gasteiger partial charge on any atom is -0.344 e. The highest BCUT2D eigenvalue weighted by molar-refractivity contribution is 5.92. The van der Waals surface area contributed by atoms with Gasteiger partial charge in [-0.2, -0.15) is 5.26 Å². The molecule has 0 radical (unpaired) electrons. The lowest BCUT2D eigenvalue weighted by molar-refractivity contribution is -0.134. The van der Waals surface area contributed by atoms with Crippen molar-refractivity contribution in [3.63, 3.8) is 0 Å². The first-order chi connectivity index (χ1) is 10.7. The highest BCUT2D eigenvalue weighted by atomic mass is 16.2. The second-order valence-corrected chi connectivity index (χ2v) is 6.00. The number of amides is 2. The third kappa shape index (κ3) is 2.82. The molecule has 0 bridgehead atoms. The van der Waals surface area contributed by atoms with Gasteiger partial charge in [0.1, 0.15) is 12.1 Å². The van der Waals surface area contributed by atoms with E-state index in [0.717, 1.165) is 18.4 Å². The second kappa shape index (κ2) is 6.18. The van der Waals surface area contributed by atoms with Gasteiger partial charge in [-0.05, 0) is 31.2 Å². The van der Waals surface area contributed by atoms with Gasteiger partial charge in [-0.15, -0.1) is 0 Å². The molecule has 2 amide bonds. The molecule has 1 N–H and O–H groups in total. The van der Waals surface area contributed by atoms with Gasteiger partial charge >= 0.3 is 0 Å². The Morgan fingerprint density at radius 1 is 1.36 bits per heavy atom. The summed E-state index contributed by atoms with van der Waals surface area (Å²) in [5.74, 6) is -0.331. The maximum absolute atomic E-state index is 12.5. The molecule has 1 aromatic rings. The van der Waals surface area contributed by atoms with E-state index >= 15 is 0 Å². The van der Waals surface area contributed by atoms with Crippen LogP contribution in [0.5, 0.6) is 0 Å². The van der Waals surface area contributed by atoms with E-state index in [4.69, 9.17) is 5.26 Å². The van der Waals surface area contributed by atoms with Crippen LogP contribution in [-0.2, 0) is 16.0 Å². The molecule has 114 valence electrons. The fourth-order valence-corrected chi connectivity index (χ4v) is 3.34. The molecule has 0 aliphatic carbocycles. The molecule has 1 aromatic carbocycles. The van der Waals surface area contributed by atoms with Crippen LogP contribution in [-0.4, -0.2) is 35.3 Å². The first-order valence-electron chi connectivity index (χ1n) is 7.73. The zero-order chi connectivity index (χ0) is 15.5. The molecule has 0 aromatic heterocycles. The van der Waals surface area contributed by atoms with E-state index in [1.54, 1.807) is 4.90 Å². The van der Waals surface area contributed by atoms with E-state index in [9.17, 15) is 9.59 Å². The smallest absolute Gasteiger partial charge is 0.246 e. The SMILES string of the molecule is N#C[C@@H]1CCCN1C(=O)[C@@H]1C[C@@H](Cc2ccccc2)C(=O)N1. The van der Waals surface area contributed by atoms with Gasteiger partial charge in [0, 0.05) is 12.5 Å². The highest BCUT2D eigenvalue weighted by Gasteiger charge is 2.40. The van der Waals surface area contributed by atoms with Gasteiger partial charge in [0.2, 0.25) is 11.8 Å². The predicted molar refractivity (Wildman–Crippen MR) is 80.5 cm³/mol. The lowest BCUT2D eigenvalue weighted by atomic mass is 9.96. The Hall–Kier alpha value is -2.35. The Labute approximate surface area is 129 Å². The normalized spacial score (nSPS) is 27.5. The van der Waals surface area contributed by atoms with Crippen molar-refractivity contribution in [3.05, 3.63) is 35.9 Å². The van der Waals surface area contributed by atoms with E-state index in [0.29, 0.717) is 19.4 Å². The van der Waals surface area contributed by atoms with E-state index in [2.05, 4.69) is 11.4 Å². The molecule has 0 unspecified atom stereocenters. The van der Waals surface area contributed by atoms with Crippen molar-refractivity contribution in [2.75, 3.05) is 6.54 Å². The van der Waals surface area contributed by atoms with Gasteiger partial charge in [-0.3, -0.25) is 9.59 Å². The topological polar surface area (TPSA) is 73.2 Å². The molecule has 3 rings (SSSR count). The fraction of sp³-hybridized carbons (Fsp3) is 0.471. The first-order valence-corrected chi connectivity index (χ1v) is 7.73. The predicted octanol–water partition coefficient (Wildman–Crippen LogP) is 1.25. The molecule has 2 heterocycles. The minimum atomic E-state index is -0.477. The van der Waals surface area contributed by atoms with Gasteiger partial charge in [0.25, 0.3) is 0 Å². The van der Waals surface area contributed by atoms with Gasteiger partial charge in [0.15, 0.2) is 0 Å². The molecular formula is C17H19N3O2. The molecule has 22 heavy (non-hydrogen) atoms. The number of benzene rings is 1. The van der Waals surface area contributed by atoms with Crippen molar-refractivity contribution >= 4 is 11.8 Å². The summed E-state index contributed by atoms with van der Waals surface area (Å²) in [7, 11) is 0. The number of carbonyl (C=O) groups is 2. The van der Waals surface area contributed by atoms with E-state index in [1.165, 1.54) is 0 Å².